The van der Waals surface area contributed by atoms with Crippen molar-refractivity contribution < 1.29 is 8.42 Å². The number of nitriles is 1. The minimum absolute atomic E-state index is 0.289. The van der Waals surface area contributed by atoms with Gasteiger partial charge in [-0.3, -0.25) is 0 Å². The van der Waals surface area contributed by atoms with Crippen molar-refractivity contribution >= 4 is 21.6 Å². The molecule has 17 heavy (non-hydrogen) atoms. The first kappa shape index (κ1) is 14.0. The van der Waals surface area contributed by atoms with Crippen molar-refractivity contribution in [3.63, 3.8) is 0 Å². The van der Waals surface area contributed by atoms with Crippen molar-refractivity contribution in [3.8, 4) is 6.07 Å². The van der Waals surface area contributed by atoms with Gasteiger partial charge in [0.15, 0.2) is 9.84 Å². The summed E-state index contributed by atoms with van der Waals surface area (Å²) in [5.41, 5.74) is 4.81. The zero-order chi connectivity index (χ0) is 13.1. The Morgan fingerprint density at radius 2 is 1.94 bits per heavy atom. The largest absolute Gasteiger partial charge is 0.313 e. The summed E-state index contributed by atoms with van der Waals surface area (Å²) in [6, 6.07) is 8.55. The highest BCUT2D eigenvalue weighted by atomic mass is 32.2. The van der Waals surface area contributed by atoms with Crippen LogP contribution in [-0.4, -0.2) is 26.0 Å². The van der Waals surface area contributed by atoms with E-state index in [4.69, 9.17) is 11.0 Å². The molecule has 0 amide bonds. The van der Waals surface area contributed by atoms with Crippen LogP contribution in [-0.2, 0) is 9.84 Å². The van der Waals surface area contributed by atoms with Crippen LogP contribution in [0.15, 0.2) is 34.1 Å². The molecule has 0 spiro atoms. The van der Waals surface area contributed by atoms with E-state index in [0.717, 1.165) is 4.90 Å². The molecule has 4 nitrogen and oxygen atoms in total. The van der Waals surface area contributed by atoms with E-state index in [1.54, 1.807) is 31.2 Å². The lowest BCUT2D eigenvalue weighted by Crippen LogP contribution is -2.36. The van der Waals surface area contributed by atoms with Crippen molar-refractivity contribution in [1.82, 2.24) is 0 Å². The number of nitrogens with two attached hydrogens (primary N) is 1. The van der Waals surface area contributed by atoms with Gasteiger partial charge in [-0.15, -0.1) is 11.8 Å². The molecule has 0 saturated carbocycles. The average molecular weight is 270 g/mol. The first-order valence-electron chi connectivity index (χ1n) is 4.88. The lowest BCUT2D eigenvalue weighted by atomic mass is 10.1. The van der Waals surface area contributed by atoms with Crippen LogP contribution in [0.2, 0.25) is 0 Å². The molecule has 0 aliphatic rings. The number of benzene rings is 1. The lowest BCUT2D eigenvalue weighted by Gasteiger charge is -2.14. The third kappa shape index (κ3) is 4.38. The number of nitrogens with zero attached hydrogens (tertiary/aromatic N) is 1. The van der Waals surface area contributed by atoms with E-state index in [1.165, 1.54) is 18.0 Å². The standard InChI is InChI=1S/C11H14N2O2S2/c1-11(13,7-12)8-16-9-3-5-10(6-4-9)17(2,14)15/h3-6H,8,13H2,1-2H3. The summed E-state index contributed by atoms with van der Waals surface area (Å²) in [4.78, 5) is 1.18. The number of rotatable bonds is 4. The van der Waals surface area contributed by atoms with Gasteiger partial charge in [-0.1, -0.05) is 0 Å². The summed E-state index contributed by atoms with van der Waals surface area (Å²) in [6.07, 6.45) is 1.17. The molecule has 0 radical (unpaired) electrons. The van der Waals surface area contributed by atoms with Crippen molar-refractivity contribution in [2.24, 2.45) is 5.73 Å². The molecular weight excluding hydrogens is 256 g/mol. The van der Waals surface area contributed by atoms with Crippen LogP contribution in [0, 0.1) is 11.3 Å². The predicted octanol–water partition coefficient (Wildman–Crippen LogP) is 1.42. The minimum atomic E-state index is -3.15. The first-order valence-corrected chi connectivity index (χ1v) is 7.75. The van der Waals surface area contributed by atoms with Crippen molar-refractivity contribution in [1.29, 1.82) is 5.26 Å². The van der Waals surface area contributed by atoms with E-state index in [1.807, 2.05) is 6.07 Å². The van der Waals surface area contributed by atoms with Crippen LogP contribution in [0.3, 0.4) is 0 Å². The molecule has 92 valence electrons. The third-order valence-electron chi connectivity index (χ3n) is 2.05. The first-order chi connectivity index (χ1) is 7.74. The van der Waals surface area contributed by atoms with Crippen molar-refractivity contribution in [2.45, 2.75) is 22.3 Å². The van der Waals surface area contributed by atoms with Gasteiger partial charge in [-0.25, -0.2) is 8.42 Å². The van der Waals surface area contributed by atoms with Crippen LogP contribution >= 0.6 is 11.8 Å². The maximum absolute atomic E-state index is 11.2. The second kappa shape index (κ2) is 5.08. The Morgan fingerprint density at radius 3 is 2.35 bits per heavy atom. The van der Waals surface area contributed by atoms with E-state index in [0.29, 0.717) is 5.75 Å². The summed E-state index contributed by atoms with van der Waals surface area (Å²) in [5.74, 6) is 0.460. The van der Waals surface area contributed by atoms with Crippen LogP contribution in [0.1, 0.15) is 6.92 Å². The van der Waals surface area contributed by atoms with Gasteiger partial charge >= 0.3 is 0 Å². The normalized spacial score (nSPS) is 14.9. The predicted molar refractivity (Wildman–Crippen MR) is 68.5 cm³/mol. The smallest absolute Gasteiger partial charge is 0.175 e. The SMILES string of the molecule is CC(N)(C#N)CSc1ccc(S(C)(=O)=O)cc1. The van der Waals surface area contributed by atoms with Gasteiger partial charge in [0.05, 0.1) is 11.0 Å². The summed E-state index contributed by atoms with van der Waals surface area (Å²) in [6.45, 7) is 1.66. The molecule has 1 aromatic rings. The van der Waals surface area contributed by atoms with Crippen LogP contribution < -0.4 is 5.73 Å². The fraction of sp³-hybridized carbons (Fsp3) is 0.364. The van der Waals surface area contributed by atoms with Crippen molar-refractivity contribution in [3.05, 3.63) is 24.3 Å². The molecule has 1 rings (SSSR count). The van der Waals surface area contributed by atoms with Crippen LogP contribution in [0.5, 0.6) is 0 Å². The van der Waals surface area contributed by atoms with Gasteiger partial charge in [0.2, 0.25) is 0 Å². The lowest BCUT2D eigenvalue weighted by molar-refractivity contribution is 0.602. The molecule has 6 heteroatoms. The van der Waals surface area contributed by atoms with Gasteiger partial charge in [0.25, 0.3) is 0 Å². The number of sulfone groups is 1. The quantitative estimate of drug-likeness (QED) is 0.837. The summed E-state index contributed by atoms with van der Waals surface area (Å²) in [5, 5.41) is 8.76. The fourth-order valence-electron chi connectivity index (χ4n) is 1.05. The second-order valence-electron chi connectivity index (χ2n) is 4.06. The van der Waals surface area contributed by atoms with E-state index < -0.39 is 15.4 Å². The molecule has 2 N–H and O–H groups in total. The summed E-state index contributed by atoms with van der Waals surface area (Å²) < 4.78 is 22.5. The van der Waals surface area contributed by atoms with Gasteiger partial charge < -0.3 is 5.73 Å². The molecule has 0 heterocycles. The molecule has 0 bridgehead atoms. The second-order valence-corrected chi connectivity index (χ2v) is 7.13. The molecule has 0 fully saturated rings. The molecule has 1 aromatic carbocycles. The molecule has 0 aliphatic carbocycles. The Kier molecular flexibility index (Phi) is 4.20. The van der Waals surface area contributed by atoms with Crippen LogP contribution in [0.25, 0.3) is 0 Å². The van der Waals surface area contributed by atoms with Gasteiger partial charge in [0.1, 0.15) is 5.54 Å². The molecule has 0 aliphatic heterocycles. The van der Waals surface area contributed by atoms with E-state index in [-0.39, 0.29) is 4.90 Å². The van der Waals surface area contributed by atoms with E-state index in [2.05, 4.69) is 0 Å². The van der Waals surface area contributed by atoms with Gasteiger partial charge in [-0.05, 0) is 31.2 Å². The molecule has 1 unspecified atom stereocenters. The van der Waals surface area contributed by atoms with Gasteiger partial charge in [0, 0.05) is 16.9 Å². The van der Waals surface area contributed by atoms with Crippen LogP contribution in [0.4, 0.5) is 0 Å². The van der Waals surface area contributed by atoms with E-state index >= 15 is 0 Å². The number of thioether (sulfide) groups is 1. The Bertz CT molecular complexity index is 528. The zero-order valence-electron chi connectivity index (χ0n) is 9.67. The number of hydrogen-bond acceptors (Lipinski definition) is 5. The Morgan fingerprint density at radius 1 is 1.41 bits per heavy atom. The Balaban J connectivity index is 2.74. The van der Waals surface area contributed by atoms with Crippen molar-refractivity contribution in [2.75, 3.05) is 12.0 Å². The van der Waals surface area contributed by atoms with E-state index in [9.17, 15) is 8.42 Å². The topological polar surface area (TPSA) is 83.9 Å². The third-order valence-corrected chi connectivity index (χ3v) is 4.52. The highest BCUT2D eigenvalue weighted by molar-refractivity contribution is 7.99. The zero-order valence-corrected chi connectivity index (χ0v) is 11.3. The highest BCUT2D eigenvalue weighted by Crippen LogP contribution is 2.22. The maximum atomic E-state index is 11.2. The monoisotopic (exact) mass is 270 g/mol. The highest BCUT2D eigenvalue weighted by Gasteiger charge is 2.17. The summed E-state index contributed by atoms with van der Waals surface area (Å²) in [7, 11) is -3.15. The maximum Gasteiger partial charge on any atom is 0.175 e. The fourth-order valence-corrected chi connectivity index (χ4v) is 2.54. The molecule has 1 atom stereocenters. The number of hydrogen-bond donors (Lipinski definition) is 1. The molecular formula is C11H14N2O2S2. The molecule has 0 saturated heterocycles. The molecule has 0 aromatic heterocycles. The van der Waals surface area contributed by atoms with Gasteiger partial charge in [-0.2, -0.15) is 5.26 Å². The average Bonchev–Trinajstić information content (AvgIpc) is 2.26. The summed E-state index contributed by atoms with van der Waals surface area (Å²) >= 11 is 1.43. The Hall–Kier alpha value is -1.03. The minimum Gasteiger partial charge on any atom is -0.313 e. The Labute approximate surface area is 106 Å².